The van der Waals surface area contributed by atoms with E-state index in [0.29, 0.717) is 0 Å². The molecule has 2 rings (SSSR count). The van der Waals surface area contributed by atoms with Gasteiger partial charge in [0.05, 0.1) is 16.3 Å². The van der Waals surface area contributed by atoms with Crippen molar-refractivity contribution in [2.24, 2.45) is 0 Å². The minimum absolute atomic E-state index is 0.0547. The molecule has 0 bridgehead atoms. The molecule has 0 saturated heterocycles. The molecule has 2 aromatic rings. The molecule has 6 nitrogen and oxygen atoms in total. The zero-order valence-corrected chi connectivity index (χ0v) is 12.1. The number of aromatic amines is 1. The van der Waals surface area contributed by atoms with Crippen LogP contribution in [-0.2, 0) is 9.84 Å². The average Bonchev–Trinajstić information content (AvgIpc) is 2.47. The highest BCUT2D eigenvalue weighted by molar-refractivity contribution is 7.91. The summed E-state index contributed by atoms with van der Waals surface area (Å²) in [6, 6.07) is 10.3. The Kier molecular flexibility index (Phi) is 4.23. The Bertz CT molecular complexity index is 825. The van der Waals surface area contributed by atoms with E-state index >= 15 is 0 Å². The van der Waals surface area contributed by atoms with Crippen molar-refractivity contribution in [1.82, 2.24) is 4.98 Å². The number of carbonyl (C=O) groups excluding carboxylic acids is 1. The van der Waals surface area contributed by atoms with Gasteiger partial charge in [-0.3, -0.25) is 9.59 Å². The number of H-pyrrole nitrogens is 1. The van der Waals surface area contributed by atoms with Crippen LogP contribution in [0, 0.1) is 0 Å². The van der Waals surface area contributed by atoms with E-state index in [1.807, 2.05) is 0 Å². The van der Waals surface area contributed by atoms with Gasteiger partial charge in [0.25, 0.3) is 5.91 Å². The zero-order chi connectivity index (χ0) is 15.5. The number of anilines is 1. The van der Waals surface area contributed by atoms with E-state index in [4.69, 9.17) is 0 Å². The van der Waals surface area contributed by atoms with Crippen LogP contribution in [0.4, 0.5) is 5.69 Å². The molecule has 0 unspecified atom stereocenters. The van der Waals surface area contributed by atoms with Crippen LogP contribution in [0.1, 0.15) is 17.4 Å². The van der Waals surface area contributed by atoms with Gasteiger partial charge >= 0.3 is 0 Å². The SMILES string of the molecule is CCS(=O)(=O)c1ccccc1NC(=O)c1cccc(=O)[nH]1. The fraction of sp³-hybridized carbons (Fsp3) is 0.143. The first-order chi connectivity index (χ1) is 9.94. The number of hydrogen-bond donors (Lipinski definition) is 2. The molecule has 0 fully saturated rings. The summed E-state index contributed by atoms with van der Waals surface area (Å²) in [6.45, 7) is 1.53. The van der Waals surface area contributed by atoms with Gasteiger partial charge in [0.2, 0.25) is 5.56 Å². The Balaban J connectivity index is 2.37. The topological polar surface area (TPSA) is 96.1 Å². The third-order valence-electron chi connectivity index (χ3n) is 2.86. The average molecular weight is 306 g/mol. The number of amides is 1. The van der Waals surface area contributed by atoms with E-state index in [9.17, 15) is 18.0 Å². The van der Waals surface area contributed by atoms with Crippen LogP contribution in [0.2, 0.25) is 0 Å². The fourth-order valence-corrected chi connectivity index (χ4v) is 2.82. The zero-order valence-electron chi connectivity index (χ0n) is 11.3. The second-order valence-electron chi connectivity index (χ2n) is 4.28. The maximum atomic E-state index is 12.1. The molecule has 0 aliphatic heterocycles. The van der Waals surface area contributed by atoms with E-state index in [2.05, 4.69) is 10.3 Å². The smallest absolute Gasteiger partial charge is 0.272 e. The summed E-state index contributed by atoms with van der Waals surface area (Å²) < 4.78 is 24.0. The summed E-state index contributed by atoms with van der Waals surface area (Å²) >= 11 is 0. The van der Waals surface area contributed by atoms with Gasteiger partial charge in [-0.2, -0.15) is 0 Å². The number of sulfone groups is 1. The van der Waals surface area contributed by atoms with Crippen molar-refractivity contribution in [3.05, 3.63) is 58.5 Å². The van der Waals surface area contributed by atoms with Gasteiger partial charge in [0.1, 0.15) is 5.69 Å². The van der Waals surface area contributed by atoms with Crippen molar-refractivity contribution in [1.29, 1.82) is 0 Å². The molecule has 7 heteroatoms. The normalized spacial score (nSPS) is 11.1. The highest BCUT2D eigenvalue weighted by atomic mass is 32.2. The van der Waals surface area contributed by atoms with E-state index in [1.165, 1.54) is 37.3 Å². The summed E-state index contributed by atoms with van der Waals surface area (Å²) in [5, 5.41) is 2.51. The largest absolute Gasteiger partial charge is 0.320 e. The predicted molar refractivity (Wildman–Crippen MR) is 79.2 cm³/mol. The highest BCUT2D eigenvalue weighted by Crippen LogP contribution is 2.22. The molecule has 110 valence electrons. The lowest BCUT2D eigenvalue weighted by molar-refractivity contribution is 0.102. The first-order valence-electron chi connectivity index (χ1n) is 6.26. The number of nitrogens with one attached hydrogen (secondary N) is 2. The van der Waals surface area contributed by atoms with Crippen molar-refractivity contribution in [3.8, 4) is 0 Å². The maximum absolute atomic E-state index is 12.1. The van der Waals surface area contributed by atoms with E-state index in [-0.39, 0.29) is 22.0 Å². The molecule has 1 heterocycles. The number of pyridine rings is 1. The molecule has 0 saturated carbocycles. The van der Waals surface area contributed by atoms with Gasteiger partial charge in [0.15, 0.2) is 9.84 Å². The van der Waals surface area contributed by atoms with Crippen LogP contribution in [0.3, 0.4) is 0 Å². The van der Waals surface area contributed by atoms with E-state index in [1.54, 1.807) is 12.1 Å². The molecule has 1 aromatic heterocycles. The molecule has 21 heavy (non-hydrogen) atoms. The summed E-state index contributed by atoms with van der Waals surface area (Å²) in [5.74, 6) is -0.645. The van der Waals surface area contributed by atoms with Crippen LogP contribution in [-0.4, -0.2) is 25.1 Å². The number of hydrogen-bond acceptors (Lipinski definition) is 4. The Morgan fingerprint density at radius 3 is 2.52 bits per heavy atom. The second-order valence-corrected chi connectivity index (χ2v) is 6.53. The standard InChI is InChI=1S/C14H14N2O4S/c1-2-21(19,20)12-8-4-3-6-10(12)16-14(18)11-7-5-9-13(17)15-11/h3-9H,2H2,1H3,(H,15,17)(H,16,18). The predicted octanol–water partition coefficient (Wildman–Crippen LogP) is 1.42. The first kappa shape index (κ1) is 15.0. The summed E-state index contributed by atoms with van der Waals surface area (Å²) in [5.41, 5.74) is -0.155. The third-order valence-corrected chi connectivity index (χ3v) is 4.65. The van der Waals surface area contributed by atoms with Gasteiger partial charge in [-0.15, -0.1) is 0 Å². The molecule has 0 aliphatic rings. The number of carbonyl (C=O) groups is 1. The molecule has 2 N–H and O–H groups in total. The molecular formula is C14H14N2O4S. The van der Waals surface area contributed by atoms with Crippen LogP contribution < -0.4 is 10.9 Å². The van der Waals surface area contributed by atoms with E-state index in [0.717, 1.165) is 0 Å². The highest BCUT2D eigenvalue weighted by Gasteiger charge is 2.18. The summed E-state index contributed by atoms with van der Waals surface area (Å²) in [4.78, 5) is 25.7. The molecular weight excluding hydrogens is 292 g/mol. The lowest BCUT2D eigenvalue weighted by Crippen LogP contribution is -2.19. The minimum atomic E-state index is -3.45. The van der Waals surface area contributed by atoms with Gasteiger partial charge in [0, 0.05) is 6.07 Å². The summed E-state index contributed by atoms with van der Waals surface area (Å²) in [7, 11) is -3.45. The molecule has 0 radical (unpaired) electrons. The Labute approximate surface area is 121 Å². The lowest BCUT2D eigenvalue weighted by Gasteiger charge is -2.10. The quantitative estimate of drug-likeness (QED) is 0.893. The summed E-state index contributed by atoms with van der Waals surface area (Å²) in [6.07, 6.45) is 0. The number of benzene rings is 1. The van der Waals surface area contributed by atoms with Crippen molar-refractivity contribution in [2.75, 3.05) is 11.1 Å². The Morgan fingerprint density at radius 2 is 1.86 bits per heavy atom. The lowest BCUT2D eigenvalue weighted by atomic mass is 10.3. The Hall–Kier alpha value is -2.41. The van der Waals surface area contributed by atoms with Gasteiger partial charge in [-0.05, 0) is 18.2 Å². The molecule has 0 aliphatic carbocycles. The monoisotopic (exact) mass is 306 g/mol. The van der Waals surface area contributed by atoms with Crippen molar-refractivity contribution >= 4 is 21.4 Å². The van der Waals surface area contributed by atoms with Crippen LogP contribution >= 0.6 is 0 Å². The Morgan fingerprint density at radius 1 is 1.14 bits per heavy atom. The number of aromatic nitrogens is 1. The fourth-order valence-electron chi connectivity index (χ4n) is 1.77. The van der Waals surface area contributed by atoms with Crippen molar-refractivity contribution < 1.29 is 13.2 Å². The van der Waals surface area contributed by atoms with Gasteiger partial charge in [-0.1, -0.05) is 25.1 Å². The molecule has 0 atom stereocenters. The van der Waals surface area contributed by atoms with Crippen molar-refractivity contribution in [3.63, 3.8) is 0 Å². The molecule has 1 amide bonds. The van der Waals surface area contributed by atoms with Crippen LogP contribution in [0.5, 0.6) is 0 Å². The minimum Gasteiger partial charge on any atom is -0.320 e. The second kappa shape index (κ2) is 5.92. The molecule has 0 spiro atoms. The van der Waals surface area contributed by atoms with Gasteiger partial charge < -0.3 is 10.3 Å². The maximum Gasteiger partial charge on any atom is 0.272 e. The first-order valence-corrected chi connectivity index (χ1v) is 7.92. The number of rotatable bonds is 4. The number of para-hydroxylation sites is 1. The third kappa shape index (κ3) is 3.38. The van der Waals surface area contributed by atoms with Crippen LogP contribution in [0.15, 0.2) is 52.2 Å². The molecule has 1 aromatic carbocycles. The van der Waals surface area contributed by atoms with Crippen LogP contribution in [0.25, 0.3) is 0 Å². The van der Waals surface area contributed by atoms with Crippen molar-refractivity contribution in [2.45, 2.75) is 11.8 Å². The van der Waals surface area contributed by atoms with E-state index < -0.39 is 21.3 Å². The van der Waals surface area contributed by atoms with Gasteiger partial charge in [-0.25, -0.2) is 8.42 Å².